The van der Waals surface area contributed by atoms with Crippen molar-refractivity contribution >= 4 is 11.8 Å². The maximum Gasteiger partial charge on any atom is 0.124 e. The average Bonchev–Trinajstić information content (AvgIpc) is 2.38. The van der Waals surface area contributed by atoms with Crippen molar-refractivity contribution in [2.45, 2.75) is 56.8 Å². The molecule has 0 spiro atoms. The third-order valence-corrected chi connectivity index (χ3v) is 5.83. The molecule has 0 amide bonds. The van der Waals surface area contributed by atoms with Crippen LogP contribution in [0.25, 0.3) is 0 Å². The van der Waals surface area contributed by atoms with Crippen LogP contribution in [0, 0.1) is 25.7 Å². The van der Waals surface area contributed by atoms with Crippen molar-refractivity contribution in [1.82, 2.24) is 0 Å². The number of aryl methyl sites for hydroxylation is 2. The van der Waals surface area contributed by atoms with Gasteiger partial charge in [-0.1, -0.05) is 13.8 Å². The number of hydrogen-bond acceptors (Lipinski definition) is 3. The Morgan fingerprint density at radius 2 is 1.52 bits per heavy atom. The molecule has 0 saturated heterocycles. The second-order valence-electron chi connectivity index (χ2n) is 6.46. The molecule has 3 heteroatoms. The Kier molecular flexibility index (Phi) is 5.61. The van der Waals surface area contributed by atoms with E-state index in [0.717, 1.165) is 5.75 Å². The van der Waals surface area contributed by atoms with E-state index < -0.39 is 0 Å². The highest BCUT2D eigenvalue weighted by Crippen LogP contribution is 2.41. The monoisotopic (exact) mass is 308 g/mol. The Morgan fingerprint density at radius 1 is 1.00 bits per heavy atom. The molecule has 1 saturated carbocycles. The van der Waals surface area contributed by atoms with Gasteiger partial charge in [-0.05, 0) is 61.8 Å². The Labute approximate surface area is 133 Å². The van der Waals surface area contributed by atoms with Gasteiger partial charge in [-0.3, -0.25) is 0 Å². The lowest BCUT2D eigenvalue weighted by Gasteiger charge is -2.38. The number of hydrogen-bond donors (Lipinski definition) is 0. The standard InChI is InChI=1S/C18H28O2S/c1-11-7-15(8-12(2)17(11)19-5)21-16-9-13(3)18(20-6)14(4)10-16/h7-8,13-14,16,18H,9-10H2,1-6H3. The second-order valence-corrected chi connectivity index (χ2v) is 7.83. The molecule has 0 heterocycles. The van der Waals surface area contributed by atoms with E-state index in [9.17, 15) is 0 Å². The lowest BCUT2D eigenvalue weighted by Crippen LogP contribution is -2.36. The third-order valence-electron chi connectivity index (χ3n) is 4.60. The van der Waals surface area contributed by atoms with Gasteiger partial charge in [-0.15, -0.1) is 11.8 Å². The summed E-state index contributed by atoms with van der Waals surface area (Å²) in [7, 11) is 3.60. The van der Waals surface area contributed by atoms with Gasteiger partial charge in [0.2, 0.25) is 0 Å². The summed E-state index contributed by atoms with van der Waals surface area (Å²) in [5.41, 5.74) is 2.46. The SMILES string of the molecule is COc1c(C)cc(SC2CC(C)C(OC)C(C)C2)cc1C. The Morgan fingerprint density at radius 3 is 1.95 bits per heavy atom. The van der Waals surface area contributed by atoms with Gasteiger partial charge in [0.1, 0.15) is 5.75 Å². The van der Waals surface area contributed by atoms with Crippen LogP contribution in [0.3, 0.4) is 0 Å². The molecule has 118 valence electrons. The topological polar surface area (TPSA) is 18.5 Å². The van der Waals surface area contributed by atoms with Gasteiger partial charge in [0.25, 0.3) is 0 Å². The lowest BCUT2D eigenvalue weighted by molar-refractivity contribution is -0.00510. The van der Waals surface area contributed by atoms with Crippen LogP contribution in [0.2, 0.25) is 0 Å². The highest BCUT2D eigenvalue weighted by Gasteiger charge is 2.33. The first-order valence-electron chi connectivity index (χ1n) is 7.81. The van der Waals surface area contributed by atoms with Crippen molar-refractivity contribution in [3.8, 4) is 5.75 Å². The van der Waals surface area contributed by atoms with Gasteiger partial charge in [0.15, 0.2) is 0 Å². The van der Waals surface area contributed by atoms with E-state index in [0.29, 0.717) is 23.2 Å². The highest BCUT2D eigenvalue weighted by molar-refractivity contribution is 8.00. The Hall–Kier alpha value is -0.670. The molecule has 0 aromatic heterocycles. The van der Waals surface area contributed by atoms with E-state index in [4.69, 9.17) is 9.47 Å². The van der Waals surface area contributed by atoms with E-state index in [1.807, 2.05) is 18.9 Å². The first-order chi connectivity index (χ1) is 9.96. The van der Waals surface area contributed by atoms with Gasteiger partial charge < -0.3 is 9.47 Å². The maximum absolute atomic E-state index is 5.66. The zero-order valence-corrected chi connectivity index (χ0v) is 14.9. The van der Waals surface area contributed by atoms with Crippen molar-refractivity contribution in [3.63, 3.8) is 0 Å². The van der Waals surface area contributed by atoms with E-state index in [2.05, 4.69) is 39.8 Å². The molecular formula is C18H28O2S. The van der Waals surface area contributed by atoms with E-state index in [1.54, 1.807) is 7.11 Å². The van der Waals surface area contributed by atoms with Gasteiger partial charge in [0, 0.05) is 17.3 Å². The van der Waals surface area contributed by atoms with Crippen LogP contribution in [0.15, 0.2) is 17.0 Å². The number of thioether (sulfide) groups is 1. The van der Waals surface area contributed by atoms with Crippen molar-refractivity contribution in [2.75, 3.05) is 14.2 Å². The maximum atomic E-state index is 5.66. The number of ether oxygens (including phenoxy) is 2. The van der Waals surface area contributed by atoms with Crippen LogP contribution in [-0.2, 0) is 4.74 Å². The fourth-order valence-corrected chi connectivity index (χ4v) is 5.48. The molecule has 0 N–H and O–H groups in total. The van der Waals surface area contributed by atoms with Crippen molar-refractivity contribution in [2.24, 2.45) is 11.8 Å². The molecule has 1 aliphatic carbocycles. The predicted octanol–water partition coefficient (Wildman–Crippen LogP) is 4.85. The van der Waals surface area contributed by atoms with Crippen molar-refractivity contribution < 1.29 is 9.47 Å². The summed E-state index contributed by atoms with van der Waals surface area (Å²) in [4.78, 5) is 1.37. The fourth-order valence-electron chi connectivity index (χ4n) is 3.81. The molecule has 0 bridgehead atoms. The van der Waals surface area contributed by atoms with Gasteiger partial charge in [0.05, 0.1) is 13.2 Å². The molecule has 0 aliphatic heterocycles. The first-order valence-corrected chi connectivity index (χ1v) is 8.68. The molecule has 21 heavy (non-hydrogen) atoms. The average molecular weight is 308 g/mol. The fraction of sp³-hybridized carbons (Fsp3) is 0.667. The minimum atomic E-state index is 0.418. The number of benzene rings is 1. The number of methoxy groups -OCH3 is 2. The Balaban J connectivity index is 2.09. The molecule has 2 rings (SSSR count). The molecule has 2 atom stereocenters. The van der Waals surface area contributed by atoms with E-state index >= 15 is 0 Å². The van der Waals surface area contributed by atoms with Gasteiger partial charge >= 0.3 is 0 Å². The molecule has 1 aliphatic rings. The van der Waals surface area contributed by atoms with Crippen LogP contribution in [0.4, 0.5) is 0 Å². The van der Waals surface area contributed by atoms with Crippen molar-refractivity contribution in [1.29, 1.82) is 0 Å². The summed E-state index contributed by atoms with van der Waals surface area (Å²) in [6, 6.07) is 4.52. The zero-order valence-electron chi connectivity index (χ0n) is 14.1. The van der Waals surface area contributed by atoms with Crippen LogP contribution >= 0.6 is 11.8 Å². The number of rotatable bonds is 4. The van der Waals surface area contributed by atoms with Crippen LogP contribution < -0.4 is 4.74 Å². The predicted molar refractivity (Wildman–Crippen MR) is 90.5 cm³/mol. The summed E-state index contributed by atoms with van der Waals surface area (Å²) >= 11 is 2.02. The quantitative estimate of drug-likeness (QED) is 0.792. The summed E-state index contributed by atoms with van der Waals surface area (Å²) in [6.07, 6.45) is 2.89. The molecule has 0 radical (unpaired) electrons. The van der Waals surface area contributed by atoms with Crippen LogP contribution in [-0.4, -0.2) is 25.6 Å². The van der Waals surface area contributed by atoms with Crippen molar-refractivity contribution in [3.05, 3.63) is 23.3 Å². The molecule has 1 aromatic rings. The summed E-state index contributed by atoms with van der Waals surface area (Å²) < 4.78 is 11.1. The molecule has 2 unspecified atom stereocenters. The molecule has 1 fully saturated rings. The first kappa shape index (κ1) is 16.7. The third kappa shape index (κ3) is 3.75. The van der Waals surface area contributed by atoms with E-state index in [1.165, 1.54) is 28.9 Å². The molecule has 1 aromatic carbocycles. The highest BCUT2D eigenvalue weighted by atomic mass is 32.2. The van der Waals surface area contributed by atoms with E-state index in [-0.39, 0.29) is 0 Å². The molecule has 2 nitrogen and oxygen atoms in total. The Bertz CT molecular complexity index is 451. The lowest BCUT2D eigenvalue weighted by atomic mass is 9.80. The summed E-state index contributed by atoms with van der Waals surface area (Å²) in [5, 5.41) is 0.689. The van der Waals surface area contributed by atoms with Gasteiger partial charge in [-0.25, -0.2) is 0 Å². The second kappa shape index (κ2) is 7.06. The molecular weight excluding hydrogens is 280 g/mol. The zero-order chi connectivity index (χ0) is 15.6. The normalized spacial score (nSPS) is 29.4. The van der Waals surface area contributed by atoms with Crippen LogP contribution in [0.1, 0.15) is 37.8 Å². The summed E-state index contributed by atoms with van der Waals surface area (Å²) in [5.74, 6) is 2.29. The minimum absolute atomic E-state index is 0.418. The minimum Gasteiger partial charge on any atom is -0.496 e. The largest absolute Gasteiger partial charge is 0.496 e. The van der Waals surface area contributed by atoms with Gasteiger partial charge in [-0.2, -0.15) is 0 Å². The smallest absolute Gasteiger partial charge is 0.124 e. The van der Waals surface area contributed by atoms with Crippen LogP contribution in [0.5, 0.6) is 5.75 Å². The summed E-state index contributed by atoms with van der Waals surface area (Å²) in [6.45, 7) is 8.90.